The molecule has 0 saturated heterocycles. The van der Waals surface area contributed by atoms with E-state index in [1.807, 2.05) is 26.8 Å². The second kappa shape index (κ2) is 12.2. The predicted octanol–water partition coefficient (Wildman–Crippen LogP) is 6.16. The first-order valence-electron chi connectivity index (χ1n) is 12.6. The number of hydrogen-bond acceptors (Lipinski definition) is 6. The van der Waals surface area contributed by atoms with Crippen LogP contribution in [0.2, 0.25) is 0 Å². The molecule has 2 aromatic carbocycles. The van der Waals surface area contributed by atoms with E-state index >= 15 is 0 Å². The van der Waals surface area contributed by atoms with Gasteiger partial charge in [0.2, 0.25) is 5.88 Å². The molecular weight excluding hydrogens is 525 g/mol. The molecule has 0 aliphatic heterocycles. The van der Waals surface area contributed by atoms with Crippen LogP contribution in [0.5, 0.6) is 11.6 Å². The number of carboxylic acids is 1. The summed E-state index contributed by atoms with van der Waals surface area (Å²) in [5, 5.41) is 16.7. The van der Waals surface area contributed by atoms with Gasteiger partial charge in [0.1, 0.15) is 12.3 Å². The molecule has 210 valence electrons. The van der Waals surface area contributed by atoms with Gasteiger partial charge in [0, 0.05) is 24.8 Å². The van der Waals surface area contributed by atoms with Crippen LogP contribution in [0.1, 0.15) is 58.2 Å². The number of aromatic nitrogens is 3. The van der Waals surface area contributed by atoms with Gasteiger partial charge in [-0.05, 0) is 53.8 Å². The summed E-state index contributed by atoms with van der Waals surface area (Å²) >= 11 is 0. The van der Waals surface area contributed by atoms with Crippen molar-refractivity contribution in [3.63, 3.8) is 0 Å². The van der Waals surface area contributed by atoms with Gasteiger partial charge < -0.3 is 19.9 Å². The van der Waals surface area contributed by atoms with Crippen molar-refractivity contribution in [3.8, 4) is 17.3 Å². The van der Waals surface area contributed by atoms with Crippen molar-refractivity contribution in [1.29, 1.82) is 0 Å². The number of benzene rings is 2. The summed E-state index contributed by atoms with van der Waals surface area (Å²) in [6.45, 7) is 6.92. The summed E-state index contributed by atoms with van der Waals surface area (Å²) in [7, 11) is 0. The maximum atomic E-state index is 13.0. The lowest BCUT2D eigenvalue weighted by Crippen LogP contribution is -2.19. The van der Waals surface area contributed by atoms with E-state index in [-0.39, 0.29) is 29.5 Å². The fourth-order valence-electron chi connectivity index (χ4n) is 4.15. The average molecular weight is 555 g/mol. The van der Waals surface area contributed by atoms with E-state index in [0.717, 1.165) is 22.4 Å². The zero-order valence-electron chi connectivity index (χ0n) is 22.2. The third-order valence-corrected chi connectivity index (χ3v) is 6.21. The van der Waals surface area contributed by atoms with Crippen LogP contribution in [0.4, 0.5) is 13.2 Å². The summed E-state index contributed by atoms with van der Waals surface area (Å²) in [5.74, 6) is -0.911. The van der Waals surface area contributed by atoms with Gasteiger partial charge in [-0.3, -0.25) is 0 Å². The second-order valence-corrected chi connectivity index (χ2v) is 9.42. The van der Waals surface area contributed by atoms with Gasteiger partial charge in [0.15, 0.2) is 5.75 Å². The normalized spacial score (nSPS) is 11.6. The molecule has 0 atom stereocenters. The molecule has 40 heavy (non-hydrogen) atoms. The zero-order valence-corrected chi connectivity index (χ0v) is 22.2. The Bertz CT molecular complexity index is 1470. The predicted molar refractivity (Wildman–Crippen MR) is 142 cm³/mol. The molecule has 0 saturated carbocycles. The van der Waals surface area contributed by atoms with Gasteiger partial charge >= 0.3 is 12.3 Å². The Hall–Kier alpha value is -4.38. The summed E-state index contributed by atoms with van der Waals surface area (Å²) in [6.07, 6.45) is -3.22. The maximum absolute atomic E-state index is 13.0. The van der Waals surface area contributed by atoms with E-state index in [4.69, 9.17) is 9.84 Å². The van der Waals surface area contributed by atoms with Crippen molar-refractivity contribution in [3.05, 3.63) is 101 Å². The van der Waals surface area contributed by atoms with E-state index in [2.05, 4.69) is 20.1 Å². The van der Waals surface area contributed by atoms with E-state index in [1.165, 1.54) is 22.9 Å². The molecule has 0 spiro atoms. The molecule has 0 bridgehead atoms. The number of pyridine rings is 1. The number of halogens is 3. The number of rotatable bonds is 11. The molecule has 8 nitrogen and oxygen atoms in total. The fraction of sp³-hybridized carbons (Fsp3) is 0.276. The molecule has 0 aliphatic rings. The summed E-state index contributed by atoms with van der Waals surface area (Å²) < 4.78 is 50.6. The number of aromatic carboxylic acids is 1. The number of nitrogens with zero attached hydrogens (tertiary/aromatic N) is 3. The number of aryl methyl sites for hydroxylation is 1. The summed E-state index contributed by atoms with van der Waals surface area (Å²) in [6, 6.07) is 16.1. The third-order valence-electron chi connectivity index (χ3n) is 6.21. The van der Waals surface area contributed by atoms with Crippen molar-refractivity contribution in [2.24, 2.45) is 0 Å². The lowest BCUT2D eigenvalue weighted by molar-refractivity contribution is -0.274. The van der Waals surface area contributed by atoms with Gasteiger partial charge in [-0.1, -0.05) is 44.2 Å². The van der Waals surface area contributed by atoms with Gasteiger partial charge in [-0.15, -0.1) is 13.2 Å². The molecule has 0 fully saturated rings. The lowest BCUT2D eigenvalue weighted by Gasteiger charge is -2.16. The van der Waals surface area contributed by atoms with Gasteiger partial charge in [0.25, 0.3) is 0 Å². The molecule has 4 aromatic rings. The number of carbonyl (C=O) groups is 1. The number of para-hydroxylation sites is 2. The minimum atomic E-state index is -4.84. The Morgan fingerprint density at radius 2 is 1.77 bits per heavy atom. The first kappa shape index (κ1) is 28.6. The summed E-state index contributed by atoms with van der Waals surface area (Å²) in [5.41, 5.74) is 4.47. The zero-order chi connectivity index (χ0) is 28.9. The standard InChI is InChI=1S/C29H29F3N4O4/c1-18(2)23-16-34-36(24-6-4-5-7-26(24)40-29(30,31)32)25(23)17-39-27-13-12-22(19(3)35-27)15-33-14-20-8-10-21(11-9-20)28(37)38/h4-13,16,18,33H,14-15,17H2,1-3H3,(H,37,38). The number of nitrogens with one attached hydrogen (secondary N) is 1. The molecular formula is C29H29F3N4O4. The van der Waals surface area contributed by atoms with E-state index in [9.17, 15) is 18.0 Å². The van der Waals surface area contributed by atoms with Crippen molar-refractivity contribution >= 4 is 5.97 Å². The highest BCUT2D eigenvalue weighted by Gasteiger charge is 2.32. The van der Waals surface area contributed by atoms with Crippen molar-refractivity contribution < 1.29 is 32.5 Å². The highest BCUT2D eigenvalue weighted by Crippen LogP contribution is 2.31. The van der Waals surface area contributed by atoms with E-state index < -0.39 is 12.3 Å². The highest BCUT2D eigenvalue weighted by molar-refractivity contribution is 5.87. The molecule has 0 aliphatic carbocycles. The number of hydrogen-bond donors (Lipinski definition) is 2. The molecule has 0 amide bonds. The Labute approximate surface area is 229 Å². The minimum Gasteiger partial charge on any atom is -0.478 e. The van der Waals surface area contributed by atoms with Crippen LogP contribution in [0, 0.1) is 6.92 Å². The largest absolute Gasteiger partial charge is 0.573 e. The average Bonchev–Trinajstić information content (AvgIpc) is 3.32. The van der Waals surface area contributed by atoms with Crippen LogP contribution in [-0.4, -0.2) is 32.2 Å². The number of alkyl halides is 3. The molecule has 2 N–H and O–H groups in total. The Morgan fingerprint density at radius 3 is 2.42 bits per heavy atom. The fourth-order valence-corrected chi connectivity index (χ4v) is 4.15. The first-order valence-corrected chi connectivity index (χ1v) is 12.6. The van der Waals surface area contributed by atoms with Crippen LogP contribution >= 0.6 is 0 Å². The number of ether oxygens (including phenoxy) is 2. The van der Waals surface area contributed by atoms with Crippen LogP contribution < -0.4 is 14.8 Å². The van der Waals surface area contributed by atoms with E-state index in [0.29, 0.717) is 24.7 Å². The van der Waals surface area contributed by atoms with Gasteiger partial charge in [-0.2, -0.15) is 5.10 Å². The number of carboxylic acid groups (broad SMARTS) is 1. The van der Waals surface area contributed by atoms with Gasteiger partial charge in [0.05, 0.1) is 17.5 Å². The van der Waals surface area contributed by atoms with Gasteiger partial charge in [-0.25, -0.2) is 14.5 Å². The molecule has 2 aromatic heterocycles. The molecule has 2 heterocycles. The summed E-state index contributed by atoms with van der Waals surface area (Å²) in [4.78, 5) is 15.5. The Morgan fingerprint density at radius 1 is 1.05 bits per heavy atom. The Balaban J connectivity index is 1.45. The van der Waals surface area contributed by atoms with Crippen LogP contribution in [-0.2, 0) is 19.7 Å². The topological polar surface area (TPSA) is 98.5 Å². The molecule has 0 unspecified atom stereocenters. The van der Waals surface area contributed by atoms with Crippen LogP contribution in [0.25, 0.3) is 5.69 Å². The molecule has 0 radical (unpaired) electrons. The minimum absolute atomic E-state index is 0.0320. The monoisotopic (exact) mass is 554 g/mol. The quantitative estimate of drug-likeness (QED) is 0.229. The maximum Gasteiger partial charge on any atom is 0.573 e. The van der Waals surface area contributed by atoms with Crippen molar-refractivity contribution in [1.82, 2.24) is 20.1 Å². The van der Waals surface area contributed by atoms with Crippen molar-refractivity contribution in [2.75, 3.05) is 0 Å². The molecule has 4 rings (SSSR count). The lowest BCUT2D eigenvalue weighted by atomic mass is 10.0. The highest BCUT2D eigenvalue weighted by atomic mass is 19.4. The van der Waals surface area contributed by atoms with E-state index in [1.54, 1.807) is 42.6 Å². The van der Waals surface area contributed by atoms with Crippen molar-refractivity contribution in [2.45, 2.75) is 52.7 Å². The van der Waals surface area contributed by atoms with Crippen LogP contribution in [0.15, 0.2) is 66.9 Å². The third kappa shape index (κ3) is 7.17. The Kier molecular flexibility index (Phi) is 8.73. The molecule has 11 heteroatoms. The second-order valence-electron chi connectivity index (χ2n) is 9.42. The first-order chi connectivity index (χ1) is 19.0. The SMILES string of the molecule is Cc1nc(OCc2c(C(C)C)cnn2-c2ccccc2OC(F)(F)F)ccc1CNCc1ccc(C(=O)O)cc1. The smallest absolute Gasteiger partial charge is 0.478 e. The van der Waals surface area contributed by atoms with Crippen LogP contribution in [0.3, 0.4) is 0 Å².